The quantitative estimate of drug-likeness (QED) is 0.205. The van der Waals surface area contributed by atoms with Gasteiger partial charge in [-0.15, -0.1) is 0 Å². The molecule has 0 rings (SSSR count). The first-order valence-corrected chi connectivity index (χ1v) is 9.25. The van der Waals surface area contributed by atoms with E-state index >= 15 is 0 Å². The van der Waals surface area contributed by atoms with Crippen molar-refractivity contribution >= 4 is 0 Å². The number of hydrogen-bond acceptors (Lipinski definition) is 3. The third kappa shape index (κ3) is 17.8. The van der Waals surface area contributed by atoms with Gasteiger partial charge >= 0.3 is 0 Å². The first-order valence-electron chi connectivity index (χ1n) is 9.25. The summed E-state index contributed by atoms with van der Waals surface area (Å²) in [5, 5.41) is 17.5. The van der Waals surface area contributed by atoms with Crippen LogP contribution in [0.5, 0.6) is 0 Å². The average Bonchev–Trinajstić information content (AvgIpc) is 2.48. The molecular weight excluding hydrogens is 264 g/mol. The predicted molar refractivity (Wildman–Crippen MR) is 89.5 cm³/mol. The topological polar surface area (TPSA) is 49.7 Å². The van der Waals surface area contributed by atoms with Crippen LogP contribution in [0.4, 0.5) is 0 Å². The summed E-state index contributed by atoms with van der Waals surface area (Å²) in [7, 11) is 0. The summed E-state index contributed by atoms with van der Waals surface area (Å²) in [6.45, 7) is 2.31. The fraction of sp³-hybridized carbons (Fsp3) is 1.00. The molecule has 0 spiro atoms. The van der Waals surface area contributed by atoms with Crippen LogP contribution in [0.25, 0.3) is 0 Å². The lowest BCUT2D eigenvalue weighted by atomic mass is 10.0. The number of hydrogen-bond donors (Lipinski definition) is 2. The van der Waals surface area contributed by atoms with E-state index in [4.69, 9.17) is 5.26 Å². The number of aliphatic hydroxyl groups excluding tert-OH is 1. The molecule has 0 aliphatic heterocycles. The zero-order valence-electron chi connectivity index (χ0n) is 14.2. The Hall–Kier alpha value is -0.120. The maximum Gasteiger partial charge on any atom is 0.108 e. The van der Waals surface area contributed by atoms with E-state index in [1.165, 1.54) is 83.5 Å². The van der Waals surface area contributed by atoms with E-state index in [1.807, 2.05) is 0 Å². The predicted octanol–water partition coefficient (Wildman–Crippen LogP) is 5.71. The third-order valence-corrected chi connectivity index (χ3v) is 4.16. The van der Waals surface area contributed by atoms with E-state index in [0.717, 1.165) is 12.8 Å². The molecule has 0 bridgehead atoms. The first-order chi connectivity index (χ1) is 10.3. The molecule has 1 atom stereocenters. The summed E-state index contributed by atoms with van der Waals surface area (Å²) in [6.07, 6.45) is 19.1. The van der Waals surface area contributed by atoms with Crippen LogP contribution in [0.1, 0.15) is 103 Å². The second kappa shape index (κ2) is 17.9. The van der Waals surface area contributed by atoms with E-state index in [-0.39, 0.29) is 6.61 Å². The summed E-state index contributed by atoms with van der Waals surface area (Å²) >= 11 is 0. The van der Waals surface area contributed by atoms with Crippen molar-refractivity contribution in [2.45, 2.75) is 109 Å². The zero-order chi connectivity index (χ0) is 15.6. The Balaban J connectivity index is 2.99. The van der Waals surface area contributed by atoms with Gasteiger partial charge in [0, 0.05) is 0 Å². The summed E-state index contributed by atoms with van der Waals surface area (Å²) in [5.41, 5.74) is 0. The Bertz CT molecular complexity index is 185. The Labute approximate surface area is 132 Å². The Morgan fingerprint density at radius 1 is 0.667 bits per heavy atom. The smallest absolute Gasteiger partial charge is 0.108 e. The molecule has 0 fully saturated rings. The lowest BCUT2D eigenvalue weighted by Crippen LogP contribution is -2.13. The highest BCUT2D eigenvalue weighted by Gasteiger charge is 2.03. The highest BCUT2D eigenvalue weighted by Crippen LogP contribution is 2.13. The second-order valence-electron chi connectivity index (χ2n) is 6.33. The van der Waals surface area contributed by atoms with Crippen molar-refractivity contribution in [3.63, 3.8) is 0 Å². The van der Waals surface area contributed by atoms with Gasteiger partial charge in [0.2, 0.25) is 0 Å². The SMILES string of the molecule is CCCCCCCCCCCCCCCCC(O)COO. The molecule has 3 nitrogen and oxygen atoms in total. The van der Waals surface area contributed by atoms with Gasteiger partial charge in [-0.3, -0.25) is 5.26 Å². The van der Waals surface area contributed by atoms with Crippen LogP contribution in [-0.2, 0) is 4.89 Å². The molecule has 0 amide bonds. The van der Waals surface area contributed by atoms with E-state index in [0.29, 0.717) is 0 Å². The maximum absolute atomic E-state index is 9.36. The minimum atomic E-state index is -0.507. The fourth-order valence-corrected chi connectivity index (χ4v) is 2.74. The van der Waals surface area contributed by atoms with Crippen molar-refractivity contribution in [1.29, 1.82) is 0 Å². The van der Waals surface area contributed by atoms with Crippen molar-refractivity contribution in [1.82, 2.24) is 0 Å². The molecule has 128 valence electrons. The fourth-order valence-electron chi connectivity index (χ4n) is 2.74. The van der Waals surface area contributed by atoms with Crippen molar-refractivity contribution < 1.29 is 15.3 Å². The van der Waals surface area contributed by atoms with Crippen LogP contribution in [0.2, 0.25) is 0 Å². The van der Waals surface area contributed by atoms with Crippen molar-refractivity contribution in [2.75, 3.05) is 6.61 Å². The van der Waals surface area contributed by atoms with Gasteiger partial charge in [-0.1, -0.05) is 96.8 Å². The molecular formula is C18H38O3. The number of rotatable bonds is 17. The van der Waals surface area contributed by atoms with E-state index < -0.39 is 6.10 Å². The highest BCUT2D eigenvalue weighted by molar-refractivity contribution is 4.54. The molecule has 0 saturated carbocycles. The van der Waals surface area contributed by atoms with Crippen molar-refractivity contribution in [3.05, 3.63) is 0 Å². The summed E-state index contributed by atoms with van der Waals surface area (Å²) in [5.74, 6) is 0. The van der Waals surface area contributed by atoms with Crippen molar-refractivity contribution in [3.8, 4) is 0 Å². The molecule has 0 aliphatic carbocycles. The maximum atomic E-state index is 9.36. The van der Waals surface area contributed by atoms with Gasteiger partial charge in [0.25, 0.3) is 0 Å². The van der Waals surface area contributed by atoms with E-state index in [2.05, 4.69) is 11.8 Å². The minimum Gasteiger partial charge on any atom is -0.391 e. The van der Waals surface area contributed by atoms with Gasteiger partial charge in [0.1, 0.15) is 6.61 Å². The minimum absolute atomic E-state index is 0.0401. The highest BCUT2D eigenvalue weighted by atomic mass is 17.1. The summed E-state index contributed by atoms with van der Waals surface area (Å²) < 4.78 is 0. The second-order valence-corrected chi connectivity index (χ2v) is 6.33. The number of unbranched alkanes of at least 4 members (excludes halogenated alkanes) is 13. The molecule has 0 aliphatic rings. The summed E-state index contributed by atoms with van der Waals surface area (Å²) in [6, 6.07) is 0. The lowest BCUT2D eigenvalue weighted by molar-refractivity contribution is -0.257. The zero-order valence-corrected chi connectivity index (χ0v) is 14.2. The molecule has 0 radical (unpaired) electrons. The molecule has 2 N–H and O–H groups in total. The van der Waals surface area contributed by atoms with Crippen LogP contribution >= 0.6 is 0 Å². The Morgan fingerprint density at radius 2 is 1.05 bits per heavy atom. The van der Waals surface area contributed by atoms with Crippen LogP contribution in [0.15, 0.2) is 0 Å². The van der Waals surface area contributed by atoms with Gasteiger partial charge in [-0.25, -0.2) is 4.89 Å². The molecule has 0 aromatic rings. The average molecular weight is 302 g/mol. The first kappa shape index (κ1) is 20.9. The number of aliphatic hydroxyl groups is 1. The molecule has 3 heteroatoms. The third-order valence-electron chi connectivity index (χ3n) is 4.16. The molecule has 0 saturated heterocycles. The van der Waals surface area contributed by atoms with E-state index in [1.54, 1.807) is 0 Å². The van der Waals surface area contributed by atoms with E-state index in [9.17, 15) is 5.11 Å². The van der Waals surface area contributed by atoms with Gasteiger partial charge in [-0.05, 0) is 6.42 Å². The normalized spacial score (nSPS) is 12.7. The van der Waals surface area contributed by atoms with Crippen LogP contribution in [0, 0.1) is 0 Å². The standard InChI is InChI=1S/C18H38O3/c1-2-3-4-5-6-7-8-9-10-11-12-13-14-15-16-18(19)17-21-20/h18-20H,2-17H2,1H3. The molecule has 21 heavy (non-hydrogen) atoms. The van der Waals surface area contributed by atoms with Gasteiger partial charge in [-0.2, -0.15) is 0 Å². The van der Waals surface area contributed by atoms with Gasteiger partial charge in [0.15, 0.2) is 0 Å². The largest absolute Gasteiger partial charge is 0.391 e. The molecule has 0 aromatic carbocycles. The Morgan fingerprint density at radius 3 is 1.43 bits per heavy atom. The van der Waals surface area contributed by atoms with Crippen LogP contribution in [-0.4, -0.2) is 23.1 Å². The van der Waals surface area contributed by atoms with Crippen molar-refractivity contribution in [2.24, 2.45) is 0 Å². The molecule has 0 heterocycles. The lowest BCUT2D eigenvalue weighted by Gasteiger charge is -2.07. The van der Waals surface area contributed by atoms with Crippen LogP contribution < -0.4 is 0 Å². The van der Waals surface area contributed by atoms with Gasteiger partial charge in [0.05, 0.1) is 6.10 Å². The molecule has 1 unspecified atom stereocenters. The van der Waals surface area contributed by atoms with Crippen LogP contribution in [0.3, 0.4) is 0 Å². The summed E-state index contributed by atoms with van der Waals surface area (Å²) in [4.78, 5) is 3.92. The Kier molecular flexibility index (Phi) is 17.8. The molecule has 0 aromatic heterocycles. The van der Waals surface area contributed by atoms with Gasteiger partial charge < -0.3 is 5.11 Å². The monoisotopic (exact) mass is 302 g/mol.